The summed E-state index contributed by atoms with van der Waals surface area (Å²) in [4.78, 5) is 26.8. The number of alkyl halides is 3. The summed E-state index contributed by atoms with van der Waals surface area (Å²) in [5, 5.41) is 6.06. The number of sulfonamides is 1. The Morgan fingerprint density at radius 3 is 2.48 bits per heavy atom. The molecule has 2 fully saturated rings. The van der Waals surface area contributed by atoms with Crippen molar-refractivity contribution in [3.63, 3.8) is 0 Å². The summed E-state index contributed by atoms with van der Waals surface area (Å²) in [6.07, 6.45) is -2.49. The van der Waals surface area contributed by atoms with Gasteiger partial charge in [0.25, 0.3) is 0 Å². The molecule has 2 saturated heterocycles. The highest BCUT2D eigenvalue weighted by molar-refractivity contribution is 7.89. The number of halogens is 5. The van der Waals surface area contributed by atoms with Crippen molar-refractivity contribution >= 4 is 21.8 Å². The zero-order valence-electron chi connectivity index (χ0n) is 24.4. The Kier molecular flexibility index (Phi) is 11.0. The molecule has 3 atom stereocenters. The van der Waals surface area contributed by atoms with Gasteiger partial charge in [-0.1, -0.05) is 25.5 Å². The van der Waals surface area contributed by atoms with Gasteiger partial charge in [-0.2, -0.15) is 17.5 Å². The molecular formula is C30H37F5N4O4S. The van der Waals surface area contributed by atoms with E-state index in [1.165, 1.54) is 6.07 Å². The molecular weight excluding hydrogens is 607 g/mol. The Hall–Kier alpha value is -3.10. The molecule has 2 aromatic rings. The molecule has 14 heteroatoms. The van der Waals surface area contributed by atoms with Crippen LogP contribution in [0, 0.1) is 17.6 Å². The van der Waals surface area contributed by atoms with E-state index in [-0.39, 0.29) is 50.4 Å². The van der Waals surface area contributed by atoms with Crippen LogP contribution >= 0.6 is 0 Å². The van der Waals surface area contributed by atoms with Crippen LogP contribution < -0.4 is 10.6 Å². The third kappa shape index (κ3) is 8.54. The molecule has 44 heavy (non-hydrogen) atoms. The molecule has 2 amide bonds. The van der Waals surface area contributed by atoms with Crippen LogP contribution in [0.1, 0.15) is 50.2 Å². The summed E-state index contributed by atoms with van der Waals surface area (Å²) >= 11 is 0. The number of nitrogens with one attached hydrogen (secondary N) is 2. The Morgan fingerprint density at radius 2 is 1.82 bits per heavy atom. The van der Waals surface area contributed by atoms with Crippen LogP contribution in [0.3, 0.4) is 0 Å². The number of carbonyl (C=O) groups excluding carboxylic acids is 2. The number of piperazine rings is 1. The summed E-state index contributed by atoms with van der Waals surface area (Å²) in [7, 11) is -4.53. The lowest BCUT2D eigenvalue weighted by Gasteiger charge is -2.36. The monoisotopic (exact) mass is 644 g/mol. The fourth-order valence-corrected chi connectivity index (χ4v) is 7.49. The number of likely N-dealkylation sites (tertiary alicyclic amines) is 1. The van der Waals surface area contributed by atoms with E-state index in [2.05, 4.69) is 10.6 Å². The van der Waals surface area contributed by atoms with E-state index in [1.54, 1.807) is 4.90 Å². The van der Waals surface area contributed by atoms with Gasteiger partial charge in [-0.25, -0.2) is 17.2 Å². The second-order valence-electron chi connectivity index (χ2n) is 11.4. The Morgan fingerprint density at radius 1 is 1.11 bits per heavy atom. The van der Waals surface area contributed by atoms with E-state index in [1.807, 2.05) is 6.92 Å². The van der Waals surface area contributed by atoms with Crippen molar-refractivity contribution in [1.82, 2.24) is 19.8 Å². The maximum Gasteiger partial charge on any atom is 0.417 e. The second-order valence-corrected chi connectivity index (χ2v) is 13.3. The largest absolute Gasteiger partial charge is 0.417 e. The highest BCUT2D eigenvalue weighted by Gasteiger charge is 2.40. The highest BCUT2D eigenvalue weighted by Crippen LogP contribution is 2.35. The van der Waals surface area contributed by atoms with Crippen LogP contribution in [0.25, 0.3) is 0 Å². The van der Waals surface area contributed by atoms with Crippen molar-refractivity contribution in [2.75, 3.05) is 32.7 Å². The van der Waals surface area contributed by atoms with Crippen molar-refractivity contribution in [1.29, 1.82) is 0 Å². The fourth-order valence-electron chi connectivity index (χ4n) is 5.79. The van der Waals surface area contributed by atoms with Crippen molar-refractivity contribution < 1.29 is 40.0 Å². The first-order valence-corrected chi connectivity index (χ1v) is 16.1. The molecule has 2 unspecified atom stereocenters. The van der Waals surface area contributed by atoms with Crippen LogP contribution in [-0.4, -0.2) is 74.2 Å². The number of benzene rings is 2. The average molecular weight is 645 g/mol. The zero-order valence-corrected chi connectivity index (χ0v) is 25.2. The summed E-state index contributed by atoms with van der Waals surface area (Å²) in [6, 6.07) is 5.66. The topological polar surface area (TPSA) is 98.8 Å². The molecule has 0 saturated carbocycles. The van der Waals surface area contributed by atoms with Crippen LogP contribution in [0.15, 0.2) is 47.4 Å². The Labute approximate surface area is 254 Å². The summed E-state index contributed by atoms with van der Waals surface area (Å²) in [5.41, 5.74) is -0.999. The molecule has 2 aromatic carbocycles. The van der Waals surface area contributed by atoms with E-state index >= 15 is 0 Å². The molecule has 0 aromatic heterocycles. The minimum Gasteiger partial charge on any atom is -0.353 e. The summed E-state index contributed by atoms with van der Waals surface area (Å²) in [5.74, 6) is -2.71. The van der Waals surface area contributed by atoms with Gasteiger partial charge in [0, 0.05) is 63.2 Å². The van der Waals surface area contributed by atoms with Crippen LogP contribution in [-0.2, 0) is 32.2 Å². The molecule has 0 spiro atoms. The van der Waals surface area contributed by atoms with Gasteiger partial charge in [0.15, 0.2) is 0 Å². The lowest BCUT2D eigenvalue weighted by Crippen LogP contribution is -2.55. The standard InChI is InChI=1S/C30H37F5N4O4S/c1-2-3-10-38-11-8-21(16-28(38)40)29(41)37-24(15-20-13-22(31)17-23(32)14-20)18-25-19-39(12-9-36-25)44(42,43)27-7-5-4-6-26(27)30(33,34)35/h4-7,13-14,17,21,24-25,36H,2-3,8-12,15-16,18-19H2,1H3,(H,37,41)/t21?,24?,25-/m0/s1. The Balaban J connectivity index is 1.50. The van der Waals surface area contributed by atoms with Crippen LogP contribution in [0.4, 0.5) is 22.0 Å². The van der Waals surface area contributed by atoms with Gasteiger partial charge >= 0.3 is 6.18 Å². The van der Waals surface area contributed by atoms with E-state index in [0.717, 1.165) is 53.5 Å². The molecule has 8 nitrogen and oxygen atoms in total. The number of unbranched alkanes of at least 4 members (excludes halogenated alkanes) is 1. The molecule has 2 N–H and O–H groups in total. The van der Waals surface area contributed by atoms with Gasteiger partial charge in [0.1, 0.15) is 11.6 Å². The minimum absolute atomic E-state index is 0.00550. The van der Waals surface area contributed by atoms with E-state index in [0.29, 0.717) is 19.5 Å². The van der Waals surface area contributed by atoms with Gasteiger partial charge in [-0.15, -0.1) is 0 Å². The molecule has 2 aliphatic heterocycles. The first-order chi connectivity index (χ1) is 20.8. The number of nitrogens with zero attached hydrogens (tertiary/aromatic N) is 2. The third-order valence-corrected chi connectivity index (χ3v) is 9.95. The molecule has 2 heterocycles. The van der Waals surface area contributed by atoms with Crippen molar-refractivity contribution in [2.45, 2.75) is 68.6 Å². The van der Waals surface area contributed by atoms with Gasteiger partial charge in [-0.3, -0.25) is 9.59 Å². The molecule has 0 bridgehead atoms. The predicted molar refractivity (Wildman–Crippen MR) is 153 cm³/mol. The lowest BCUT2D eigenvalue weighted by atomic mass is 9.93. The SMILES string of the molecule is CCCCN1CCC(C(=O)NC(Cc2cc(F)cc(F)c2)C[C@H]2CN(S(=O)(=O)c3ccccc3C(F)(F)F)CCN2)CC1=O. The number of carbonyl (C=O) groups is 2. The summed E-state index contributed by atoms with van der Waals surface area (Å²) < 4.78 is 96.5. The number of hydrogen-bond acceptors (Lipinski definition) is 5. The third-order valence-electron chi connectivity index (χ3n) is 8.02. The normalized spacial score (nSPS) is 20.9. The second kappa shape index (κ2) is 14.3. The van der Waals surface area contributed by atoms with Crippen molar-refractivity contribution in [3.8, 4) is 0 Å². The van der Waals surface area contributed by atoms with E-state index < -0.39 is 62.2 Å². The highest BCUT2D eigenvalue weighted by atomic mass is 32.2. The smallest absolute Gasteiger partial charge is 0.353 e. The van der Waals surface area contributed by atoms with Gasteiger partial charge < -0.3 is 15.5 Å². The predicted octanol–water partition coefficient (Wildman–Crippen LogP) is 4.10. The summed E-state index contributed by atoms with van der Waals surface area (Å²) in [6.45, 7) is 2.96. The number of rotatable bonds is 11. The molecule has 4 rings (SSSR count). The Bertz CT molecular complexity index is 1420. The lowest BCUT2D eigenvalue weighted by molar-refractivity contribution is -0.140. The average Bonchev–Trinajstić information content (AvgIpc) is 2.95. The molecule has 0 radical (unpaired) electrons. The number of piperidine rings is 1. The van der Waals surface area contributed by atoms with Crippen LogP contribution in [0.5, 0.6) is 0 Å². The molecule has 2 aliphatic rings. The van der Waals surface area contributed by atoms with Gasteiger partial charge in [-0.05, 0) is 55.5 Å². The van der Waals surface area contributed by atoms with Crippen molar-refractivity contribution in [2.24, 2.45) is 5.92 Å². The molecule has 242 valence electrons. The van der Waals surface area contributed by atoms with Crippen molar-refractivity contribution in [3.05, 3.63) is 65.2 Å². The fraction of sp³-hybridized carbons (Fsp3) is 0.533. The molecule has 0 aliphatic carbocycles. The quantitative estimate of drug-likeness (QED) is 0.359. The maximum atomic E-state index is 14.0. The first kappa shape index (κ1) is 33.8. The maximum absolute atomic E-state index is 14.0. The van der Waals surface area contributed by atoms with Crippen LogP contribution in [0.2, 0.25) is 0 Å². The van der Waals surface area contributed by atoms with E-state index in [4.69, 9.17) is 0 Å². The van der Waals surface area contributed by atoms with Gasteiger partial charge in [0.2, 0.25) is 21.8 Å². The van der Waals surface area contributed by atoms with Gasteiger partial charge in [0.05, 0.1) is 10.5 Å². The number of amides is 2. The zero-order chi connectivity index (χ0) is 32.1. The van der Waals surface area contributed by atoms with E-state index in [9.17, 15) is 40.0 Å². The first-order valence-electron chi connectivity index (χ1n) is 14.7. The minimum atomic E-state index is -4.87. The number of hydrogen-bond donors (Lipinski definition) is 2.